The number of benzene rings is 1. The number of nitro benzene ring substituents is 1. The summed E-state index contributed by atoms with van der Waals surface area (Å²) in [5, 5.41) is 10.8. The van der Waals surface area contributed by atoms with Crippen molar-refractivity contribution in [3.63, 3.8) is 0 Å². The number of para-hydroxylation sites is 1. The predicted octanol–water partition coefficient (Wildman–Crippen LogP) is 2.03. The molecule has 0 aliphatic heterocycles. The first kappa shape index (κ1) is 13.8. The molecule has 0 saturated heterocycles. The third-order valence-corrected chi connectivity index (χ3v) is 1.95. The second-order valence-electron chi connectivity index (χ2n) is 3.10. The van der Waals surface area contributed by atoms with E-state index in [-0.39, 0.29) is 5.56 Å². The van der Waals surface area contributed by atoms with Gasteiger partial charge in [0.25, 0.3) is 6.43 Å². The van der Waals surface area contributed by atoms with Gasteiger partial charge in [-0.05, 0) is 12.1 Å². The fourth-order valence-corrected chi connectivity index (χ4v) is 1.25. The van der Waals surface area contributed by atoms with E-state index in [4.69, 9.17) is 0 Å². The largest absolute Gasteiger partial charge is 0.481 e. The number of rotatable bonds is 5. The van der Waals surface area contributed by atoms with Gasteiger partial charge in [0, 0.05) is 0 Å². The number of methoxy groups -OCH3 is 1. The Morgan fingerprint density at radius 1 is 1.50 bits per heavy atom. The molecule has 0 bridgehead atoms. The molecule has 0 fully saturated rings. The van der Waals surface area contributed by atoms with Crippen LogP contribution in [0.4, 0.5) is 14.5 Å². The first-order valence-corrected chi connectivity index (χ1v) is 4.74. The van der Waals surface area contributed by atoms with Crippen LogP contribution in [0, 0.1) is 10.1 Å². The molecule has 0 aliphatic rings. The van der Waals surface area contributed by atoms with Crippen molar-refractivity contribution in [1.29, 1.82) is 0 Å². The van der Waals surface area contributed by atoms with E-state index >= 15 is 0 Å². The van der Waals surface area contributed by atoms with Gasteiger partial charge in [0.2, 0.25) is 0 Å². The Morgan fingerprint density at radius 2 is 2.17 bits per heavy atom. The summed E-state index contributed by atoms with van der Waals surface area (Å²) in [5.74, 6) is -1.34. The number of alkyl halides is 2. The lowest BCUT2D eigenvalue weighted by Crippen LogP contribution is -2.11. The van der Waals surface area contributed by atoms with E-state index in [1.54, 1.807) is 0 Å². The van der Waals surface area contributed by atoms with Gasteiger partial charge in [-0.1, -0.05) is 6.07 Å². The summed E-state index contributed by atoms with van der Waals surface area (Å²) in [6, 6.07) is 3.56. The van der Waals surface area contributed by atoms with E-state index < -0.39 is 35.4 Å². The fourth-order valence-electron chi connectivity index (χ4n) is 1.25. The van der Waals surface area contributed by atoms with Crippen LogP contribution in [0.15, 0.2) is 18.2 Å². The SMILES string of the molecule is COC(=O)c1cccc(OCC(F)F)c1[N+](=O)[O-]. The van der Waals surface area contributed by atoms with Crippen molar-refractivity contribution < 1.29 is 28.0 Å². The zero-order valence-electron chi connectivity index (χ0n) is 9.26. The summed E-state index contributed by atoms with van der Waals surface area (Å²) in [5.41, 5.74) is -1.04. The number of nitrogens with zero attached hydrogens (tertiary/aromatic N) is 1. The van der Waals surface area contributed by atoms with Crippen LogP contribution in [0.3, 0.4) is 0 Å². The minimum Gasteiger partial charge on any atom is -0.481 e. The first-order chi connectivity index (χ1) is 8.47. The van der Waals surface area contributed by atoms with Crippen LogP contribution >= 0.6 is 0 Å². The number of esters is 1. The molecule has 1 aromatic rings. The van der Waals surface area contributed by atoms with Crippen LogP contribution in [0.2, 0.25) is 0 Å². The highest BCUT2D eigenvalue weighted by molar-refractivity contribution is 5.95. The molecule has 0 N–H and O–H groups in total. The van der Waals surface area contributed by atoms with E-state index in [0.29, 0.717) is 0 Å². The van der Waals surface area contributed by atoms with Gasteiger partial charge in [-0.25, -0.2) is 13.6 Å². The number of hydrogen-bond donors (Lipinski definition) is 0. The summed E-state index contributed by atoms with van der Waals surface area (Å²) >= 11 is 0. The standard InChI is InChI=1S/C10H9F2NO5/c1-17-10(14)6-3-2-4-7(9(6)13(15)16)18-5-8(11)12/h2-4,8H,5H2,1H3. The van der Waals surface area contributed by atoms with Gasteiger partial charge >= 0.3 is 11.7 Å². The maximum Gasteiger partial charge on any atom is 0.345 e. The number of hydrogen-bond acceptors (Lipinski definition) is 5. The third-order valence-electron chi connectivity index (χ3n) is 1.95. The number of carbonyl (C=O) groups excluding carboxylic acids is 1. The average Bonchev–Trinajstić information content (AvgIpc) is 2.34. The number of ether oxygens (including phenoxy) is 2. The van der Waals surface area contributed by atoms with Crippen molar-refractivity contribution in [2.45, 2.75) is 6.43 Å². The van der Waals surface area contributed by atoms with E-state index in [1.165, 1.54) is 6.07 Å². The monoisotopic (exact) mass is 261 g/mol. The summed E-state index contributed by atoms with van der Waals surface area (Å²) in [6.45, 7) is -0.995. The molecule has 98 valence electrons. The van der Waals surface area contributed by atoms with E-state index in [1.807, 2.05) is 0 Å². The Labute approximate surface area is 100 Å². The number of nitro groups is 1. The second kappa shape index (κ2) is 5.89. The Bertz CT molecular complexity index is 464. The molecule has 0 unspecified atom stereocenters. The molecular formula is C10H9F2NO5. The maximum atomic E-state index is 12.0. The van der Waals surface area contributed by atoms with E-state index in [9.17, 15) is 23.7 Å². The summed E-state index contributed by atoms with van der Waals surface area (Å²) in [6.07, 6.45) is -2.77. The summed E-state index contributed by atoms with van der Waals surface area (Å²) < 4.78 is 32.9. The van der Waals surface area contributed by atoms with Crippen LogP contribution in [-0.4, -0.2) is 31.0 Å². The zero-order chi connectivity index (χ0) is 13.7. The lowest BCUT2D eigenvalue weighted by Gasteiger charge is -2.08. The molecule has 1 rings (SSSR count). The Morgan fingerprint density at radius 3 is 2.67 bits per heavy atom. The molecule has 0 aliphatic carbocycles. The molecule has 0 saturated carbocycles. The van der Waals surface area contributed by atoms with Gasteiger partial charge < -0.3 is 9.47 Å². The Hall–Kier alpha value is -2.25. The highest BCUT2D eigenvalue weighted by atomic mass is 19.3. The van der Waals surface area contributed by atoms with Gasteiger partial charge in [0.05, 0.1) is 12.0 Å². The Balaban J connectivity index is 3.17. The van der Waals surface area contributed by atoms with Crippen molar-refractivity contribution in [3.05, 3.63) is 33.9 Å². The second-order valence-corrected chi connectivity index (χ2v) is 3.10. The molecule has 8 heteroatoms. The van der Waals surface area contributed by atoms with E-state index in [0.717, 1.165) is 19.2 Å². The van der Waals surface area contributed by atoms with Gasteiger partial charge in [-0.15, -0.1) is 0 Å². The van der Waals surface area contributed by atoms with Crippen molar-refractivity contribution in [2.75, 3.05) is 13.7 Å². The summed E-state index contributed by atoms with van der Waals surface area (Å²) in [7, 11) is 1.05. The van der Waals surface area contributed by atoms with Crippen LogP contribution in [0.1, 0.15) is 10.4 Å². The highest BCUT2D eigenvalue weighted by Crippen LogP contribution is 2.31. The van der Waals surface area contributed by atoms with Crippen LogP contribution < -0.4 is 4.74 Å². The van der Waals surface area contributed by atoms with Crippen molar-refractivity contribution in [3.8, 4) is 5.75 Å². The molecule has 0 atom stereocenters. The van der Waals surface area contributed by atoms with Crippen molar-refractivity contribution in [2.24, 2.45) is 0 Å². The smallest absolute Gasteiger partial charge is 0.345 e. The third kappa shape index (κ3) is 3.12. The topological polar surface area (TPSA) is 78.7 Å². The molecule has 0 spiro atoms. The molecule has 0 radical (unpaired) electrons. The highest BCUT2D eigenvalue weighted by Gasteiger charge is 2.26. The normalized spacial score (nSPS) is 10.2. The fraction of sp³-hybridized carbons (Fsp3) is 0.300. The number of halogens is 2. The maximum absolute atomic E-state index is 12.0. The Kier molecular flexibility index (Phi) is 4.52. The molecule has 18 heavy (non-hydrogen) atoms. The summed E-state index contributed by atoms with van der Waals surface area (Å²) in [4.78, 5) is 21.3. The first-order valence-electron chi connectivity index (χ1n) is 4.74. The minimum atomic E-state index is -2.77. The lowest BCUT2D eigenvalue weighted by atomic mass is 10.1. The molecule has 1 aromatic carbocycles. The molecule has 0 amide bonds. The van der Waals surface area contributed by atoms with Gasteiger partial charge in [0.15, 0.2) is 5.75 Å². The zero-order valence-corrected chi connectivity index (χ0v) is 9.26. The van der Waals surface area contributed by atoms with Crippen molar-refractivity contribution in [1.82, 2.24) is 0 Å². The molecular weight excluding hydrogens is 252 g/mol. The number of carbonyl (C=O) groups is 1. The molecule has 0 heterocycles. The van der Waals surface area contributed by atoms with E-state index in [2.05, 4.69) is 9.47 Å². The quantitative estimate of drug-likeness (QED) is 0.460. The van der Waals surface area contributed by atoms with Crippen LogP contribution in [0.25, 0.3) is 0 Å². The average molecular weight is 261 g/mol. The van der Waals surface area contributed by atoms with Crippen LogP contribution in [-0.2, 0) is 4.74 Å². The molecule has 6 nitrogen and oxygen atoms in total. The predicted molar refractivity (Wildman–Crippen MR) is 55.9 cm³/mol. The minimum absolute atomic E-state index is 0.353. The molecule has 0 aromatic heterocycles. The van der Waals surface area contributed by atoms with Crippen LogP contribution in [0.5, 0.6) is 5.75 Å². The van der Waals surface area contributed by atoms with Gasteiger partial charge in [-0.2, -0.15) is 0 Å². The lowest BCUT2D eigenvalue weighted by molar-refractivity contribution is -0.386. The van der Waals surface area contributed by atoms with Gasteiger partial charge in [-0.3, -0.25) is 10.1 Å². The van der Waals surface area contributed by atoms with Gasteiger partial charge in [0.1, 0.15) is 12.2 Å². The van der Waals surface area contributed by atoms with Crippen molar-refractivity contribution >= 4 is 11.7 Å².